The van der Waals surface area contributed by atoms with Gasteiger partial charge in [0.15, 0.2) is 0 Å². The van der Waals surface area contributed by atoms with Crippen LogP contribution in [0.15, 0.2) is 91.0 Å². The summed E-state index contributed by atoms with van der Waals surface area (Å²) in [6, 6.07) is 26.3. The summed E-state index contributed by atoms with van der Waals surface area (Å²) >= 11 is 0. The van der Waals surface area contributed by atoms with Gasteiger partial charge in [-0.3, -0.25) is 0 Å². The number of benzene rings is 3. The van der Waals surface area contributed by atoms with Crippen LogP contribution in [0, 0.1) is 5.92 Å². The largest absolute Gasteiger partial charge is 0.462 e. The molecule has 35 heavy (non-hydrogen) atoms. The maximum Gasteiger partial charge on any atom is 0.338 e. The molecule has 3 aromatic rings. The Morgan fingerprint density at radius 3 is 1.34 bits per heavy atom. The third-order valence-electron chi connectivity index (χ3n) is 6.16. The van der Waals surface area contributed by atoms with E-state index in [2.05, 4.69) is 0 Å². The maximum absolute atomic E-state index is 13.0. The molecule has 6 heteroatoms. The molecule has 0 spiro atoms. The molecular formula is C29H28O6. The van der Waals surface area contributed by atoms with Crippen molar-refractivity contribution in [2.75, 3.05) is 13.2 Å². The van der Waals surface area contributed by atoms with Crippen LogP contribution >= 0.6 is 0 Å². The molecule has 4 rings (SSSR count). The Morgan fingerprint density at radius 1 is 0.600 bits per heavy atom. The lowest BCUT2D eigenvalue weighted by Crippen LogP contribution is -2.40. The van der Waals surface area contributed by atoms with Crippen LogP contribution in [0.4, 0.5) is 0 Å². The van der Waals surface area contributed by atoms with Crippen LogP contribution in [0.1, 0.15) is 56.8 Å². The highest BCUT2D eigenvalue weighted by atomic mass is 16.6. The molecule has 0 aliphatic heterocycles. The molecule has 0 bridgehead atoms. The van der Waals surface area contributed by atoms with E-state index in [-0.39, 0.29) is 19.1 Å². The van der Waals surface area contributed by atoms with Gasteiger partial charge in [-0.05, 0) is 55.2 Å². The molecule has 0 amide bonds. The molecule has 1 aliphatic rings. The molecule has 3 aromatic carbocycles. The lowest BCUT2D eigenvalue weighted by molar-refractivity contribution is -0.0579. The average Bonchev–Trinajstić information content (AvgIpc) is 3.76. The monoisotopic (exact) mass is 472 g/mol. The van der Waals surface area contributed by atoms with Crippen LogP contribution < -0.4 is 0 Å². The van der Waals surface area contributed by atoms with Crippen LogP contribution in [0.3, 0.4) is 0 Å². The van der Waals surface area contributed by atoms with Gasteiger partial charge in [0.2, 0.25) is 0 Å². The summed E-state index contributed by atoms with van der Waals surface area (Å²) < 4.78 is 17.1. The van der Waals surface area contributed by atoms with Gasteiger partial charge in [-0.15, -0.1) is 0 Å². The Labute approximate surface area is 204 Å². The first-order valence-electron chi connectivity index (χ1n) is 11.8. The molecule has 0 saturated heterocycles. The Hall–Kier alpha value is -3.93. The zero-order chi connectivity index (χ0) is 24.5. The number of ether oxygens (including phenoxy) is 3. The zero-order valence-corrected chi connectivity index (χ0v) is 19.4. The van der Waals surface area contributed by atoms with Crippen LogP contribution in [-0.2, 0) is 14.2 Å². The smallest absolute Gasteiger partial charge is 0.338 e. The fourth-order valence-electron chi connectivity index (χ4n) is 4.09. The predicted octanol–water partition coefficient (Wildman–Crippen LogP) is 5.49. The number of hydrogen-bond donors (Lipinski definition) is 0. The lowest BCUT2D eigenvalue weighted by atomic mass is 9.90. The average molecular weight is 473 g/mol. The number of rotatable bonds is 11. The second-order valence-electron chi connectivity index (χ2n) is 8.60. The molecule has 0 heterocycles. The first-order valence-corrected chi connectivity index (χ1v) is 11.8. The van der Waals surface area contributed by atoms with Crippen molar-refractivity contribution in [3.8, 4) is 0 Å². The molecule has 0 aromatic heterocycles. The molecule has 1 saturated carbocycles. The molecule has 0 radical (unpaired) electrons. The zero-order valence-electron chi connectivity index (χ0n) is 19.4. The standard InChI is InChI=1S/C29H28O6/c30-26(22-10-4-1-5-11-22)33-20-18-29(25-16-17-25,35-28(32)24-14-8-3-9-15-24)19-21-34-27(31)23-12-6-2-7-13-23/h1-15,25H,16-21H2. The summed E-state index contributed by atoms with van der Waals surface area (Å²) in [6.45, 7) is 0.165. The van der Waals surface area contributed by atoms with E-state index in [9.17, 15) is 14.4 Å². The molecule has 1 fully saturated rings. The summed E-state index contributed by atoms with van der Waals surface area (Å²) in [6.07, 6.45) is 2.41. The molecular weight excluding hydrogens is 444 g/mol. The van der Waals surface area contributed by atoms with Crippen LogP contribution in [0.25, 0.3) is 0 Å². The van der Waals surface area contributed by atoms with Gasteiger partial charge in [0, 0.05) is 12.8 Å². The van der Waals surface area contributed by atoms with Gasteiger partial charge >= 0.3 is 17.9 Å². The van der Waals surface area contributed by atoms with Crippen molar-refractivity contribution >= 4 is 17.9 Å². The highest BCUT2D eigenvalue weighted by Crippen LogP contribution is 2.46. The minimum absolute atomic E-state index is 0.0823. The van der Waals surface area contributed by atoms with E-state index in [1.165, 1.54) is 0 Å². The topological polar surface area (TPSA) is 78.9 Å². The molecule has 180 valence electrons. The van der Waals surface area contributed by atoms with Crippen molar-refractivity contribution in [1.82, 2.24) is 0 Å². The van der Waals surface area contributed by atoms with E-state index in [1.54, 1.807) is 72.8 Å². The summed E-state index contributed by atoms with van der Waals surface area (Å²) in [5, 5.41) is 0. The van der Waals surface area contributed by atoms with E-state index in [1.807, 2.05) is 18.2 Å². The Balaban J connectivity index is 1.45. The Bertz CT molecular complexity index is 1070. The Morgan fingerprint density at radius 2 is 0.971 bits per heavy atom. The van der Waals surface area contributed by atoms with E-state index < -0.39 is 23.5 Å². The van der Waals surface area contributed by atoms with Crippen molar-refractivity contribution in [2.24, 2.45) is 5.92 Å². The maximum atomic E-state index is 13.0. The molecule has 0 unspecified atom stereocenters. The van der Waals surface area contributed by atoms with E-state index in [0.717, 1.165) is 12.8 Å². The van der Waals surface area contributed by atoms with E-state index in [4.69, 9.17) is 14.2 Å². The third kappa shape index (κ3) is 6.57. The van der Waals surface area contributed by atoms with Crippen molar-refractivity contribution in [2.45, 2.75) is 31.3 Å². The Kier molecular flexibility index (Phi) is 7.93. The first kappa shape index (κ1) is 24.2. The molecule has 0 N–H and O–H groups in total. The van der Waals surface area contributed by atoms with Crippen molar-refractivity contribution < 1.29 is 28.6 Å². The third-order valence-corrected chi connectivity index (χ3v) is 6.16. The van der Waals surface area contributed by atoms with Crippen LogP contribution in [-0.4, -0.2) is 36.7 Å². The lowest BCUT2D eigenvalue weighted by Gasteiger charge is -2.34. The summed E-state index contributed by atoms with van der Waals surface area (Å²) in [5.74, 6) is -1.19. The van der Waals surface area contributed by atoms with Gasteiger partial charge in [0.05, 0.1) is 29.9 Å². The van der Waals surface area contributed by atoms with Crippen LogP contribution in [0.2, 0.25) is 0 Å². The summed E-state index contributed by atoms with van der Waals surface area (Å²) in [5.41, 5.74) is 0.464. The fraction of sp³-hybridized carbons (Fsp3) is 0.276. The van der Waals surface area contributed by atoms with Crippen molar-refractivity contribution in [3.63, 3.8) is 0 Å². The predicted molar refractivity (Wildman–Crippen MR) is 130 cm³/mol. The number of esters is 3. The molecule has 1 aliphatic carbocycles. The fourth-order valence-corrected chi connectivity index (χ4v) is 4.09. The molecule has 6 nitrogen and oxygen atoms in total. The van der Waals surface area contributed by atoms with Gasteiger partial charge in [-0.2, -0.15) is 0 Å². The summed E-state index contributed by atoms with van der Waals surface area (Å²) in [4.78, 5) is 37.8. The second kappa shape index (κ2) is 11.5. The van der Waals surface area contributed by atoms with E-state index in [0.29, 0.717) is 29.5 Å². The highest BCUT2D eigenvalue weighted by Gasteiger charge is 2.48. The minimum Gasteiger partial charge on any atom is -0.462 e. The molecule has 0 atom stereocenters. The van der Waals surface area contributed by atoms with E-state index >= 15 is 0 Å². The van der Waals surface area contributed by atoms with Crippen LogP contribution in [0.5, 0.6) is 0 Å². The number of hydrogen-bond acceptors (Lipinski definition) is 6. The number of carbonyl (C=O) groups excluding carboxylic acids is 3. The van der Waals surface area contributed by atoms with Gasteiger partial charge in [-0.1, -0.05) is 54.6 Å². The second-order valence-corrected chi connectivity index (χ2v) is 8.60. The SMILES string of the molecule is O=C(OCCC(CCOC(=O)c1ccccc1)(OC(=O)c1ccccc1)C1CC1)c1ccccc1. The van der Waals surface area contributed by atoms with Gasteiger partial charge in [-0.25, -0.2) is 14.4 Å². The normalized spacial score (nSPS) is 13.0. The minimum atomic E-state index is -0.902. The quantitative estimate of drug-likeness (QED) is 0.271. The van der Waals surface area contributed by atoms with Gasteiger partial charge < -0.3 is 14.2 Å². The number of carbonyl (C=O) groups is 3. The first-order chi connectivity index (χ1) is 17.1. The highest BCUT2D eigenvalue weighted by molar-refractivity contribution is 5.90. The van der Waals surface area contributed by atoms with Crippen molar-refractivity contribution in [1.29, 1.82) is 0 Å². The van der Waals surface area contributed by atoms with Gasteiger partial charge in [0.1, 0.15) is 5.60 Å². The van der Waals surface area contributed by atoms with Crippen molar-refractivity contribution in [3.05, 3.63) is 108 Å². The van der Waals surface area contributed by atoms with Gasteiger partial charge in [0.25, 0.3) is 0 Å². The summed E-state index contributed by atoms with van der Waals surface area (Å²) in [7, 11) is 0.